The van der Waals surface area contributed by atoms with Gasteiger partial charge in [0.05, 0.1) is 11.6 Å². The number of fused-ring (bicyclic) bond motifs is 3. The zero-order valence-electron chi connectivity index (χ0n) is 26.7. The van der Waals surface area contributed by atoms with E-state index >= 15 is 0 Å². The van der Waals surface area contributed by atoms with Crippen LogP contribution in [0.3, 0.4) is 0 Å². The van der Waals surface area contributed by atoms with Crippen LogP contribution in [0.4, 0.5) is 18.9 Å². The van der Waals surface area contributed by atoms with Crippen LogP contribution in [0.15, 0.2) is 53.3 Å². The number of rotatable bonds is 5. The summed E-state index contributed by atoms with van der Waals surface area (Å²) in [6.07, 6.45) is -4.86. The standard InChI is InChI=1S/C34H33F3N4O9.CH4/c1-40(2)25-19-13-15-12-18-17(14-5-7-16(8-6-14)39-31(48)20-4-3-11-41(20)32(49)34(35,36)37)9-10-21(42)23(18)26(43)22(15)28(45)33(19,50)29(46)24(27(25)44)30(38)47;/h5-10,15,19-20,25,42-43,46,50H,3-4,11-13H2,1-2H3,(H2,38,47)(H,39,48);1H4/t15-,19-,20?,25-,33-;/m0./s1. The maximum Gasteiger partial charge on any atom is 0.471 e. The number of phenols is 1. The monoisotopic (exact) mass is 714 g/mol. The Bertz CT molecular complexity index is 1920. The summed E-state index contributed by atoms with van der Waals surface area (Å²) in [5, 5.41) is 47.7. The second-order valence-corrected chi connectivity index (χ2v) is 13.2. The van der Waals surface area contributed by atoms with Crippen molar-refractivity contribution in [2.45, 2.75) is 57.0 Å². The zero-order valence-corrected chi connectivity index (χ0v) is 26.7. The Kier molecular flexibility index (Phi) is 9.32. The number of hydrogen-bond acceptors (Lipinski definition) is 10. The number of aliphatic hydroxyl groups is 3. The normalized spacial score (nSPS) is 26.0. The highest BCUT2D eigenvalue weighted by atomic mass is 19.4. The van der Waals surface area contributed by atoms with Crippen LogP contribution in [-0.4, -0.2) is 104 Å². The number of nitrogens with zero attached hydrogens (tertiary/aromatic N) is 2. The summed E-state index contributed by atoms with van der Waals surface area (Å²) >= 11 is 0. The van der Waals surface area contributed by atoms with Gasteiger partial charge in [-0.1, -0.05) is 25.6 Å². The fourth-order valence-electron chi connectivity index (χ4n) is 7.92. The molecule has 0 radical (unpaired) electrons. The Hall–Kier alpha value is -5.22. The van der Waals surface area contributed by atoms with Crippen molar-refractivity contribution in [1.29, 1.82) is 0 Å². The Morgan fingerprint density at radius 1 is 1.04 bits per heavy atom. The second kappa shape index (κ2) is 12.8. The molecule has 2 aromatic carbocycles. The number of nitrogens with one attached hydrogen (secondary N) is 1. The molecule has 5 atom stereocenters. The number of primary amides is 1. The number of ketones is 2. The first kappa shape index (κ1) is 37.0. The topological polar surface area (TPSA) is 211 Å². The van der Waals surface area contributed by atoms with Crippen LogP contribution in [0, 0.1) is 11.8 Å². The third-order valence-corrected chi connectivity index (χ3v) is 10.1. The molecular weight excluding hydrogens is 677 g/mol. The molecule has 1 heterocycles. The van der Waals surface area contributed by atoms with Gasteiger partial charge < -0.3 is 36.4 Å². The van der Waals surface area contributed by atoms with Gasteiger partial charge in [0.2, 0.25) is 11.7 Å². The number of benzene rings is 2. The first-order valence-corrected chi connectivity index (χ1v) is 15.7. The minimum atomic E-state index is -5.11. The SMILES string of the molecule is C.CN(C)[C@@H]1C(=O)C(C(N)=O)=C(O)[C@@]2(O)C(=O)C3=C(O)c4c(O)ccc(-c5ccc(NC(=O)C6CCCN6C(=O)C(F)(F)F)cc5)c4C[C@H]3C[C@@H]12. The largest absolute Gasteiger partial charge is 0.508 e. The molecule has 7 N–H and O–H groups in total. The number of Topliss-reactive ketones (excluding diaryl/α,β-unsaturated/α-hetero) is 2. The number of alkyl halides is 3. The van der Waals surface area contributed by atoms with Crippen LogP contribution in [0.25, 0.3) is 16.9 Å². The van der Waals surface area contributed by atoms with E-state index in [1.807, 2.05) is 0 Å². The third kappa shape index (κ3) is 5.71. The lowest BCUT2D eigenvalue weighted by atomic mass is 9.57. The average molecular weight is 715 g/mol. The number of carbonyl (C=O) groups excluding carboxylic acids is 5. The highest BCUT2D eigenvalue weighted by Crippen LogP contribution is 2.53. The van der Waals surface area contributed by atoms with E-state index in [4.69, 9.17) is 5.73 Å². The van der Waals surface area contributed by atoms with E-state index in [9.17, 15) is 57.6 Å². The van der Waals surface area contributed by atoms with E-state index in [-0.39, 0.29) is 56.5 Å². The van der Waals surface area contributed by atoms with Crippen molar-refractivity contribution in [2.75, 3.05) is 26.0 Å². The number of amides is 3. The van der Waals surface area contributed by atoms with Crippen LogP contribution in [0.1, 0.15) is 37.8 Å². The van der Waals surface area contributed by atoms with Gasteiger partial charge in [-0.25, -0.2) is 0 Å². The van der Waals surface area contributed by atoms with Crippen molar-refractivity contribution >= 4 is 40.7 Å². The van der Waals surface area contributed by atoms with E-state index in [0.717, 1.165) is 0 Å². The van der Waals surface area contributed by atoms with Gasteiger partial charge in [-0.2, -0.15) is 13.2 Å². The number of nitrogens with two attached hydrogens (primary N) is 1. The van der Waals surface area contributed by atoms with Gasteiger partial charge in [0.15, 0.2) is 11.4 Å². The van der Waals surface area contributed by atoms with Gasteiger partial charge in [0.1, 0.15) is 28.9 Å². The van der Waals surface area contributed by atoms with Gasteiger partial charge >= 0.3 is 12.1 Å². The van der Waals surface area contributed by atoms with Crippen LogP contribution in [0.5, 0.6) is 5.75 Å². The molecule has 13 nitrogen and oxygen atoms in total. The number of aromatic hydroxyl groups is 1. The zero-order chi connectivity index (χ0) is 36.6. The van der Waals surface area contributed by atoms with Crippen molar-refractivity contribution in [2.24, 2.45) is 17.6 Å². The lowest BCUT2D eigenvalue weighted by Gasteiger charge is -2.50. The van der Waals surface area contributed by atoms with E-state index in [1.54, 1.807) is 18.2 Å². The number of likely N-dealkylation sites (N-methyl/N-ethyl adjacent to an activating group) is 1. The maximum atomic E-state index is 14.0. The summed E-state index contributed by atoms with van der Waals surface area (Å²) in [5.74, 6) is -10.5. The van der Waals surface area contributed by atoms with Crippen LogP contribution >= 0.6 is 0 Å². The summed E-state index contributed by atoms with van der Waals surface area (Å²) in [4.78, 5) is 66.1. The average Bonchev–Trinajstić information content (AvgIpc) is 3.52. The first-order valence-electron chi connectivity index (χ1n) is 15.7. The first-order chi connectivity index (χ1) is 23.4. The highest BCUT2D eigenvalue weighted by Gasteiger charge is 2.64. The third-order valence-electron chi connectivity index (χ3n) is 10.1. The molecule has 2 aromatic rings. The smallest absolute Gasteiger partial charge is 0.471 e. The summed E-state index contributed by atoms with van der Waals surface area (Å²) in [6.45, 7) is -0.199. The quantitative estimate of drug-likeness (QED) is 0.250. The Balaban J connectivity index is 0.00000504. The van der Waals surface area contributed by atoms with E-state index in [0.29, 0.717) is 21.6 Å². The van der Waals surface area contributed by atoms with Crippen molar-refractivity contribution < 1.29 is 57.6 Å². The van der Waals surface area contributed by atoms with Crippen LogP contribution in [0.2, 0.25) is 0 Å². The number of carbonyl (C=O) groups is 5. The van der Waals surface area contributed by atoms with Gasteiger partial charge in [-0.05, 0) is 80.6 Å². The minimum absolute atomic E-state index is 0. The van der Waals surface area contributed by atoms with Gasteiger partial charge in [-0.3, -0.25) is 28.9 Å². The molecule has 1 unspecified atom stereocenters. The molecule has 2 fully saturated rings. The fourth-order valence-corrected chi connectivity index (χ4v) is 7.92. The summed E-state index contributed by atoms with van der Waals surface area (Å²) in [6, 6.07) is 6.49. The van der Waals surface area contributed by atoms with Gasteiger partial charge in [0, 0.05) is 23.7 Å². The number of hydrogen-bond donors (Lipinski definition) is 6. The molecule has 4 aliphatic rings. The minimum Gasteiger partial charge on any atom is -0.508 e. The highest BCUT2D eigenvalue weighted by molar-refractivity contribution is 6.24. The maximum absolute atomic E-state index is 14.0. The predicted octanol–water partition coefficient (Wildman–Crippen LogP) is 2.76. The fraction of sp³-hybridized carbons (Fsp3) is 0.400. The molecule has 16 heteroatoms. The number of aliphatic hydroxyl groups excluding tert-OH is 2. The number of phenolic OH excluding ortho intramolecular Hbond substituents is 1. The molecule has 1 saturated heterocycles. The van der Waals surface area contributed by atoms with Crippen LogP contribution in [-0.2, 0) is 30.4 Å². The lowest BCUT2D eigenvalue weighted by Crippen LogP contribution is -2.65. The molecule has 0 spiro atoms. The van der Waals surface area contributed by atoms with Crippen molar-refractivity contribution in [3.05, 3.63) is 64.4 Å². The molecule has 272 valence electrons. The Morgan fingerprint density at radius 3 is 2.27 bits per heavy atom. The van der Waals surface area contributed by atoms with Crippen molar-refractivity contribution in [3.63, 3.8) is 0 Å². The van der Waals surface area contributed by atoms with Crippen molar-refractivity contribution in [1.82, 2.24) is 9.80 Å². The molecule has 3 aliphatic carbocycles. The molecule has 1 aliphatic heterocycles. The summed E-state index contributed by atoms with van der Waals surface area (Å²) in [5.41, 5.74) is 2.97. The molecular formula is C35H37F3N4O9. The van der Waals surface area contributed by atoms with Crippen molar-refractivity contribution in [3.8, 4) is 16.9 Å². The lowest BCUT2D eigenvalue weighted by molar-refractivity contribution is -0.186. The predicted molar refractivity (Wildman–Crippen MR) is 176 cm³/mol. The summed E-state index contributed by atoms with van der Waals surface area (Å²) in [7, 11) is 3.00. The number of halogens is 3. The second-order valence-electron chi connectivity index (χ2n) is 13.2. The molecule has 0 aromatic heterocycles. The van der Waals surface area contributed by atoms with E-state index in [1.165, 1.54) is 37.2 Å². The van der Waals surface area contributed by atoms with E-state index in [2.05, 4.69) is 5.32 Å². The van der Waals surface area contributed by atoms with Gasteiger partial charge in [0.25, 0.3) is 5.91 Å². The number of likely N-dealkylation sites (tertiary alicyclic amines) is 1. The molecule has 6 rings (SSSR count). The Labute approximate surface area is 289 Å². The molecule has 51 heavy (non-hydrogen) atoms. The van der Waals surface area contributed by atoms with Gasteiger partial charge in [-0.15, -0.1) is 0 Å². The molecule has 3 amide bonds. The number of anilines is 1. The molecule has 1 saturated carbocycles. The summed E-state index contributed by atoms with van der Waals surface area (Å²) < 4.78 is 39.1. The van der Waals surface area contributed by atoms with E-state index < -0.39 is 87.8 Å². The van der Waals surface area contributed by atoms with Crippen LogP contribution < -0.4 is 11.1 Å². The molecule has 0 bridgehead atoms. The Morgan fingerprint density at radius 2 is 1.69 bits per heavy atom.